The third-order valence-corrected chi connectivity index (χ3v) is 0. The topological polar surface area (TPSA) is 210 Å². The summed E-state index contributed by atoms with van der Waals surface area (Å²) in [6.07, 6.45) is 0. The third kappa shape index (κ3) is 19000. The van der Waals surface area contributed by atoms with Crippen molar-refractivity contribution in [3.63, 3.8) is 0 Å². The molecule has 0 aliphatic rings. The van der Waals surface area contributed by atoms with Gasteiger partial charge in [-0.25, -0.2) is 0 Å². The normalized spacial score (nSPS) is 12.2. The average molecular weight is 244 g/mol. The number of rotatable bonds is 0. The first-order chi connectivity index (χ1) is 4.00. The quantitative estimate of drug-likeness (QED) is 0.183. The fourth-order valence-electron chi connectivity index (χ4n) is 0. The van der Waals surface area contributed by atoms with Crippen LogP contribution in [0.4, 0.5) is 0 Å². The summed E-state index contributed by atoms with van der Waals surface area (Å²) in [5.41, 5.74) is 0. The second-order valence-corrected chi connectivity index (χ2v) is 3.83. The Kier molecular flexibility index (Phi) is 9.12. The van der Waals surface area contributed by atoms with Gasteiger partial charge in [0, 0.05) is 0 Å². The molecule has 0 spiro atoms. The van der Waals surface area contributed by atoms with E-state index in [2.05, 4.69) is 0 Å². The Morgan fingerprint density at radius 3 is 1.00 bits per heavy atom. The van der Waals surface area contributed by atoms with Crippen molar-refractivity contribution in [3.05, 3.63) is 0 Å². The van der Waals surface area contributed by atoms with Crippen LogP contribution in [-0.4, -0.2) is 23.0 Å². The molecular weight excluding hydrogens is 232 g/mol. The summed E-state index contributed by atoms with van der Waals surface area (Å²) in [6, 6.07) is 0. The van der Waals surface area contributed by atoms with E-state index in [9.17, 15) is 0 Å². The summed E-state index contributed by atoms with van der Waals surface area (Å²) < 4.78 is 50.6. The Balaban J connectivity index is -0.000000107. The van der Waals surface area contributed by atoms with E-state index in [0.717, 1.165) is 0 Å². The Labute approximate surface area is 66.7 Å². The standard InChI is InChI=1S/Cu.4H2N.H2O4S.H2O/c;;;;;1-5(2,3)4;/h;4*1H2;(H2,1,2,3,4);1H2/q+4;4*-1;;. The molecule has 0 bridgehead atoms. The fourth-order valence-corrected chi connectivity index (χ4v) is 0. The molecule has 79 valence electrons. The van der Waals surface area contributed by atoms with Crippen molar-refractivity contribution in [1.29, 1.82) is 0 Å². The second kappa shape index (κ2) is 5.79. The van der Waals surface area contributed by atoms with E-state index in [0.29, 0.717) is 0 Å². The van der Waals surface area contributed by atoms with Crippen LogP contribution in [0.25, 0.3) is 0 Å². The van der Waals surface area contributed by atoms with Crippen molar-refractivity contribution in [2.24, 2.45) is 19.0 Å². The minimum absolute atomic E-state index is 0. The van der Waals surface area contributed by atoms with Gasteiger partial charge in [-0.1, -0.05) is 0 Å². The number of nitrogens with two attached hydrogens (primary N) is 4. The van der Waals surface area contributed by atoms with Crippen molar-refractivity contribution in [1.82, 2.24) is 0 Å². The maximum atomic E-state index is 8.74. The van der Waals surface area contributed by atoms with Crippen molar-refractivity contribution >= 4 is 10.4 Å². The summed E-state index contributed by atoms with van der Waals surface area (Å²) >= 11 is -2.12. The fraction of sp³-hybridized carbons (Fsp3) is 0. The zero-order chi connectivity index (χ0) is 9.00. The van der Waals surface area contributed by atoms with Gasteiger partial charge >= 0.3 is 43.1 Å². The predicted octanol–water partition coefficient (Wildman–Crippen LogP) is -3.84. The molecular formula is H12CuN4O5S. The summed E-state index contributed by atoms with van der Waals surface area (Å²) in [4.78, 5) is 0. The molecule has 12 N–H and O–H groups in total. The summed E-state index contributed by atoms with van der Waals surface area (Å²) in [6.45, 7) is 0. The first-order valence-corrected chi connectivity index (χ1v) is 4.97. The minimum atomic E-state index is -4.67. The molecule has 0 aromatic carbocycles. The Hall–Kier alpha value is 0.189. The molecule has 0 radical (unpaired) electrons. The van der Waals surface area contributed by atoms with Crippen LogP contribution in [0.15, 0.2) is 0 Å². The Morgan fingerprint density at radius 2 is 1.00 bits per heavy atom. The third-order valence-electron chi connectivity index (χ3n) is 0. The molecule has 0 aliphatic carbocycles. The van der Waals surface area contributed by atoms with Crippen LogP contribution in [-0.2, 0) is 24.1 Å². The first-order valence-electron chi connectivity index (χ1n) is 1.39. The van der Waals surface area contributed by atoms with Gasteiger partial charge in [-0.2, -0.15) is 8.42 Å². The van der Waals surface area contributed by atoms with E-state index >= 15 is 0 Å². The van der Waals surface area contributed by atoms with Gasteiger partial charge in [0.05, 0.1) is 0 Å². The first kappa shape index (κ1) is 17.3. The summed E-state index contributed by atoms with van der Waals surface area (Å²) in [7, 11) is -4.67. The molecule has 0 amide bonds. The van der Waals surface area contributed by atoms with E-state index in [4.69, 9.17) is 36.5 Å². The maximum absolute atomic E-state index is 8.74. The van der Waals surface area contributed by atoms with Crippen LogP contribution >= 0.6 is 0 Å². The summed E-state index contributed by atoms with van der Waals surface area (Å²) in [5.74, 6) is 0. The molecule has 0 saturated carbocycles. The van der Waals surface area contributed by atoms with Crippen LogP contribution in [0.3, 0.4) is 0 Å². The molecule has 0 aromatic heterocycles. The van der Waals surface area contributed by atoms with Gasteiger partial charge in [-0.05, 0) is 0 Å². The van der Waals surface area contributed by atoms with Gasteiger partial charge in [0.2, 0.25) is 0 Å². The van der Waals surface area contributed by atoms with E-state index in [1.165, 1.54) is 0 Å². The predicted molar refractivity (Wildman–Crippen MR) is 34.5 cm³/mol. The average Bonchev–Trinajstić information content (AvgIpc) is 1.12. The molecule has 0 saturated heterocycles. The van der Waals surface area contributed by atoms with Crippen LogP contribution in [0.1, 0.15) is 0 Å². The molecule has 11 heteroatoms. The molecule has 9 nitrogen and oxygen atoms in total. The van der Waals surface area contributed by atoms with Gasteiger partial charge in [0.25, 0.3) is 0 Å². The second-order valence-electron chi connectivity index (χ2n) is 1.05. The zero-order valence-corrected chi connectivity index (χ0v) is 6.99. The Morgan fingerprint density at radius 1 is 1.00 bits per heavy atom. The van der Waals surface area contributed by atoms with Crippen molar-refractivity contribution in [2.45, 2.75) is 0 Å². The van der Waals surface area contributed by atoms with Gasteiger partial charge in [-0.15, -0.1) is 0 Å². The summed E-state index contributed by atoms with van der Waals surface area (Å²) in [5, 5.41) is 0. The van der Waals surface area contributed by atoms with Gasteiger partial charge < -0.3 is 5.48 Å². The molecule has 0 fully saturated rings. The van der Waals surface area contributed by atoms with Crippen LogP contribution in [0.5, 0.6) is 0 Å². The van der Waals surface area contributed by atoms with E-state index in [-0.39, 0.29) is 5.48 Å². The molecule has 0 rings (SSSR count). The monoisotopic (exact) mass is 243 g/mol. The van der Waals surface area contributed by atoms with Crippen LogP contribution in [0, 0.1) is 0 Å². The Bertz CT molecular complexity index is 153. The van der Waals surface area contributed by atoms with Crippen molar-refractivity contribution in [2.75, 3.05) is 0 Å². The molecule has 0 aromatic rings. The number of hydrogen-bond donors (Lipinski definition) is 6. The molecule has 0 aliphatic heterocycles. The number of hydrogen-bond acceptors (Lipinski definition) is 6. The van der Waals surface area contributed by atoms with E-state index in [1.807, 2.05) is 0 Å². The SMILES string of the molecule is O.O=S(=O)(O)O.[NH2][Cu]([NH2])([NH2])[NH2]. The van der Waals surface area contributed by atoms with Gasteiger partial charge in [0.1, 0.15) is 0 Å². The molecule has 0 unspecified atom stereocenters. The van der Waals surface area contributed by atoms with Crippen LogP contribution < -0.4 is 19.0 Å². The van der Waals surface area contributed by atoms with Crippen molar-refractivity contribution < 1.29 is 36.7 Å². The zero-order valence-electron chi connectivity index (χ0n) is 5.23. The van der Waals surface area contributed by atoms with Crippen molar-refractivity contribution in [3.8, 4) is 0 Å². The molecule has 0 heterocycles. The van der Waals surface area contributed by atoms with E-state index < -0.39 is 24.1 Å². The van der Waals surface area contributed by atoms with Gasteiger partial charge in [0.15, 0.2) is 0 Å². The molecule has 0 atom stereocenters. The van der Waals surface area contributed by atoms with Crippen LogP contribution in [0.2, 0.25) is 0 Å². The molecule has 11 heavy (non-hydrogen) atoms. The van der Waals surface area contributed by atoms with E-state index in [1.54, 1.807) is 0 Å². The van der Waals surface area contributed by atoms with Gasteiger partial charge in [-0.3, -0.25) is 9.11 Å².